The average Bonchev–Trinajstić information content (AvgIpc) is 2.27. The number of allylic oxidation sites excluding steroid dienone is 4. The van der Waals surface area contributed by atoms with Gasteiger partial charge in [0.2, 0.25) is 0 Å². The summed E-state index contributed by atoms with van der Waals surface area (Å²) in [5.74, 6) is 2.27. The van der Waals surface area contributed by atoms with E-state index in [-0.39, 0.29) is 0 Å². The Balaban J connectivity index is 0.000000213. The summed E-state index contributed by atoms with van der Waals surface area (Å²) in [5.41, 5.74) is 0.425. The molecule has 2 bridgehead atoms. The van der Waals surface area contributed by atoms with Gasteiger partial charge in [-0.15, -0.1) is 0 Å². The number of hydrogen-bond donors (Lipinski definition) is 0. The van der Waals surface area contributed by atoms with Crippen LogP contribution in [0.5, 0.6) is 0 Å². The van der Waals surface area contributed by atoms with Crippen LogP contribution in [0.15, 0.2) is 24.3 Å². The summed E-state index contributed by atoms with van der Waals surface area (Å²) in [4.78, 5) is 0. The van der Waals surface area contributed by atoms with Gasteiger partial charge in [-0.25, -0.2) is 0 Å². The summed E-state index contributed by atoms with van der Waals surface area (Å²) < 4.78 is 0. The van der Waals surface area contributed by atoms with E-state index in [1.54, 1.807) is 0 Å². The second-order valence-electron chi connectivity index (χ2n) is 3.99. The molecule has 1 atom stereocenters. The van der Waals surface area contributed by atoms with E-state index in [0.717, 1.165) is 5.92 Å². The molecule has 0 amide bonds. The molecule has 0 aromatic heterocycles. The minimum absolute atomic E-state index is 0.425. The van der Waals surface area contributed by atoms with Gasteiger partial charge in [0.25, 0.3) is 0 Å². The molecule has 0 fully saturated rings. The van der Waals surface area contributed by atoms with Gasteiger partial charge in [-0.1, -0.05) is 31.6 Å². The molecule has 4 heteroatoms. The second-order valence-corrected chi connectivity index (χ2v) is 15.2. The fraction of sp³-hybridized carbons (Fsp3) is 0.500. The summed E-state index contributed by atoms with van der Waals surface area (Å²) in [6, 6.07) is 0. The van der Waals surface area contributed by atoms with Crippen LogP contribution in [0.3, 0.4) is 0 Å². The van der Waals surface area contributed by atoms with Crippen molar-refractivity contribution in [1.82, 2.24) is 0 Å². The molecule has 0 saturated heterocycles. The van der Waals surface area contributed by atoms with Crippen molar-refractivity contribution in [2.75, 3.05) is 0 Å². The van der Waals surface area contributed by atoms with Crippen LogP contribution >= 0.6 is 25.5 Å². The molecule has 0 radical (unpaired) electrons. The van der Waals surface area contributed by atoms with Gasteiger partial charge in [-0.2, -0.15) is 30.2 Å². The molecule has 2 rings (SSSR count). The maximum atomic E-state index is 5.00. The zero-order valence-electron chi connectivity index (χ0n) is 8.23. The molecule has 0 N–H and O–H groups in total. The Morgan fingerprint density at radius 2 is 1.86 bits per heavy atom. The van der Waals surface area contributed by atoms with E-state index in [4.69, 9.17) is 25.5 Å². The summed E-state index contributed by atoms with van der Waals surface area (Å²) in [6.45, 7) is 4.66. The van der Waals surface area contributed by atoms with Crippen molar-refractivity contribution >= 4 is 25.5 Å². The Morgan fingerprint density at radius 1 is 1.29 bits per heavy atom. The van der Waals surface area contributed by atoms with Crippen LogP contribution in [0.25, 0.3) is 0 Å². The Kier molecular flexibility index (Phi) is 5.11. The molecule has 0 aromatic carbocycles. The molecule has 0 heterocycles. The summed E-state index contributed by atoms with van der Waals surface area (Å²) in [5, 5.41) is 0. The van der Waals surface area contributed by atoms with Crippen LogP contribution in [0.2, 0.25) is 0 Å². The van der Waals surface area contributed by atoms with E-state index in [2.05, 4.69) is 38.2 Å². The predicted molar refractivity (Wildman–Crippen MR) is 61.0 cm³/mol. The second kappa shape index (κ2) is 5.44. The Hall–Kier alpha value is 1.10. The topological polar surface area (TPSA) is 0 Å². The third-order valence-corrected chi connectivity index (χ3v) is 2.87. The van der Waals surface area contributed by atoms with Gasteiger partial charge in [0.05, 0.1) is 0 Å². The van der Waals surface area contributed by atoms with Gasteiger partial charge in [0.15, 0.2) is 0 Å². The van der Waals surface area contributed by atoms with Crippen molar-refractivity contribution in [3.8, 4) is 0 Å². The fourth-order valence-electron chi connectivity index (χ4n) is 1.87. The molecule has 0 aliphatic heterocycles. The molecule has 0 spiro atoms. The molecule has 14 heavy (non-hydrogen) atoms. The van der Waals surface area contributed by atoms with Gasteiger partial charge in [-0.05, 0) is 0 Å². The van der Waals surface area contributed by atoms with Gasteiger partial charge in [-0.3, -0.25) is 0 Å². The van der Waals surface area contributed by atoms with Gasteiger partial charge >= 0.3 is 43.7 Å². The first-order valence-corrected chi connectivity index (χ1v) is 14.0. The zero-order chi connectivity index (χ0) is 10.8. The summed E-state index contributed by atoms with van der Waals surface area (Å²) >= 11 is -2.13. The van der Waals surface area contributed by atoms with E-state index in [0.29, 0.717) is 5.41 Å². The van der Waals surface area contributed by atoms with Gasteiger partial charge < -0.3 is 0 Å². The van der Waals surface area contributed by atoms with Crippen molar-refractivity contribution < 1.29 is 18.2 Å². The number of rotatable bonds is 0. The molecule has 2 aliphatic carbocycles. The summed E-state index contributed by atoms with van der Waals surface area (Å²) in [6.07, 6.45) is 10.4. The molecule has 0 saturated carbocycles. The van der Waals surface area contributed by atoms with E-state index < -0.39 is 18.2 Å². The fourth-order valence-corrected chi connectivity index (χ4v) is 1.87. The third-order valence-electron chi connectivity index (χ3n) is 2.87. The Labute approximate surface area is 105 Å². The van der Waals surface area contributed by atoms with E-state index in [9.17, 15) is 0 Å². The quantitative estimate of drug-likeness (QED) is 0.560. The van der Waals surface area contributed by atoms with Crippen molar-refractivity contribution in [1.29, 1.82) is 0 Å². The predicted octanol–water partition coefficient (Wildman–Crippen LogP) is 4.80. The Bertz CT molecular complexity index is 241. The normalized spacial score (nSPS) is 25.8. The first-order valence-electron chi connectivity index (χ1n) is 4.50. The van der Waals surface area contributed by atoms with Crippen molar-refractivity contribution in [3.05, 3.63) is 30.2 Å². The van der Waals surface area contributed by atoms with Crippen LogP contribution in [-0.4, -0.2) is 0 Å². The van der Waals surface area contributed by atoms with Crippen LogP contribution in [0, 0.1) is 17.3 Å². The first-order chi connectivity index (χ1) is 6.44. The molecule has 2 aliphatic rings. The molecule has 79 valence electrons. The van der Waals surface area contributed by atoms with E-state index in [1.807, 2.05) is 0 Å². The minimum atomic E-state index is -2.13. The van der Waals surface area contributed by atoms with Crippen molar-refractivity contribution in [2.45, 2.75) is 20.3 Å². The summed E-state index contributed by atoms with van der Waals surface area (Å²) in [7, 11) is 15.0. The molecule has 1 unspecified atom stereocenters. The Morgan fingerprint density at radius 3 is 2.29 bits per heavy atom. The van der Waals surface area contributed by atoms with E-state index >= 15 is 0 Å². The molecule has 0 nitrogen and oxygen atoms in total. The molecular formula is C10H13Cl3Zr-. The SMILES string of the molecule is CC1(C)[C-]2C=CCC1C=C2.[Cl][Zr]([Cl])[Cl]. The number of fused-ring (bicyclic) bond motifs is 2. The zero-order valence-corrected chi connectivity index (χ0v) is 13.0. The van der Waals surface area contributed by atoms with Gasteiger partial charge in [0, 0.05) is 0 Å². The van der Waals surface area contributed by atoms with Crippen molar-refractivity contribution in [3.63, 3.8) is 0 Å². The van der Waals surface area contributed by atoms with Crippen LogP contribution < -0.4 is 0 Å². The standard InChI is InChI=1S/C10H13.3ClH.Zr/c1-10(2)8-4-3-5-9(10)7-6-8;;;;/h3-4,6-7,9H,5H2,1-2H3;3*1H;/q-1;;;;+3/p-3. The first kappa shape index (κ1) is 13.2. The van der Waals surface area contributed by atoms with Crippen LogP contribution in [0.1, 0.15) is 20.3 Å². The number of halogens is 3. The maximum absolute atomic E-state index is 5.00. The molecule has 0 aromatic rings. The van der Waals surface area contributed by atoms with E-state index in [1.165, 1.54) is 12.3 Å². The van der Waals surface area contributed by atoms with Crippen LogP contribution in [-0.2, 0) is 18.2 Å². The van der Waals surface area contributed by atoms with Gasteiger partial charge in [0.1, 0.15) is 0 Å². The third kappa shape index (κ3) is 3.30. The number of hydrogen-bond acceptors (Lipinski definition) is 0. The average molecular weight is 331 g/mol. The van der Waals surface area contributed by atoms with Crippen molar-refractivity contribution in [2.24, 2.45) is 11.3 Å². The van der Waals surface area contributed by atoms with Crippen LogP contribution in [0.4, 0.5) is 0 Å². The molecular weight excluding hydrogens is 318 g/mol. The monoisotopic (exact) mass is 328 g/mol.